The lowest BCUT2D eigenvalue weighted by molar-refractivity contribution is -0.116. The highest BCUT2D eigenvalue weighted by Crippen LogP contribution is 2.32. The van der Waals surface area contributed by atoms with Gasteiger partial charge in [0, 0.05) is 28.4 Å². The Morgan fingerprint density at radius 2 is 1.66 bits per heavy atom. The molecule has 0 saturated carbocycles. The van der Waals surface area contributed by atoms with E-state index < -0.39 is 9.84 Å². The van der Waals surface area contributed by atoms with Crippen molar-refractivity contribution in [1.29, 1.82) is 0 Å². The molecule has 1 N–H and O–H groups in total. The predicted octanol–water partition coefficient (Wildman–Crippen LogP) is 6.70. The van der Waals surface area contributed by atoms with Gasteiger partial charge in [0.25, 0.3) is 0 Å². The summed E-state index contributed by atoms with van der Waals surface area (Å²) in [5.74, 6) is -0.252. The van der Waals surface area contributed by atoms with Crippen molar-refractivity contribution in [1.82, 2.24) is 9.55 Å². The van der Waals surface area contributed by atoms with Crippen LogP contribution in [0.4, 0.5) is 5.69 Å². The lowest BCUT2D eigenvalue weighted by Gasteiger charge is -2.08. The number of nitrogens with one attached hydrogen (secondary N) is 1. The van der Waals surface area contributed by atoms with Crippen LogP contribution in [0.25, 0.3) is 31.7 Å². The number of fused-ring (bicyclic) bond motifs is 2. The Labute approximate surface area is 224 Å². The summed E-state index contributed by atoms with van der Waals surface area (Å²) in [6.45, 7) is 2.04. The minimum atomic E-state index is -3.74. The van der Waals surface area contributed by atoms with E-state index >= 15 is 0 Å². The molecule has 6 rings (SSSR count). The second kappa shape index (κ2) is 9.55. The Balaban J connectivity index is 1.23. The molecule has 0 aliphatic heterocycles. The van der Waals surface area contributed by atoms with E-state index in [1.165, 1.54) is 5.56 Å². The molecule has 0 saturated heterocycles. The molecule has 0 spiro atoms. The summed E-state index contributed by atoms with van der Waals surface area (Å²) in [6.07, 6.45) is 1.55. The van der Waals surface area contributed by atoms with Crippen LogP contribution in [0.5, 0.6) is 0 Å². The molecule has 0 atom stereocenters. The molecule has 0 fully saturated rings. The third-order valence-corrected chi connectivity index (χ3v) is 9.23. The van der Waals surface area contributed by atoms with Crippen molar-refractivity contribution >= 4 is 53.9 Å². The Kier molecular flexibility index (Phi) is 6.06. The lowest BCUT2D eigenvalue weighted by atomic mass is 10.2. The number of benzene rings is 4. The molecule has 0 aliphatic rings. The summed E-state index contributed by atoms with van der Waals surface area (Å²) >= 11 is 1.64. The van der Waals surface area contributed by atoms with E-state index in [1.807, 2.05) is 42.5 Å². The lowest BCUT2D eigenvalue weighted by Crippen LogP contribution is -2.18. The first kappa shape index (κ1) is 24.1. The monoisotopic (exact) mass is 537 g/mol. The number of para-hydroxylation sites is 1. The SMILES string of the molecule is Cc1ccc2nc(-c3ccc(NC(=O)Cn4cc(S(=O)(=O)c5ccccc5)c5ccccc54)cc3)sc2c1. The van der Waals surface area contributed by atoms with E-state index in [0.717, 1.165) is 20.8 Å². The molecule has 6 nitrogen and oxygen atoms in total. The highest BCUT2D eigenvalue weighted by atomic mass is 32.2. The standard InChI is InChI=1S/C30H23N3O3S2/c1-20-11-16-25-27(17-20)37-30(32-25)21-12-14-22(15-13-21)31-29(34)19-33-18-28(24-9-5-6-10-26(24)33)38(35,36)23-7-3-2-4-8-23/h2-18H,19H2,1H3,(H,31,34). The number of amides is 1. The maximum Gasteiger partial charge on any atom is 0.244 e. The van der Waals surface area contributed by atoms with Crippen molar-refractivity contribution in [3.8, 4) is 10.6 Å². The first-order valence-electron chi connectivity index (χ1n) is 12.0. The number of aryl methyl sites for hydroxylation is 1. The second-order valence-electron chi connectivity index (χ2n) is 9.07. The minimum Gasteiger partial charge on any atom is -0.337 e. The topological polar surface area (TPSA) is 81.1 Å². The van der Waals surface area contributed by atoms with Crippen LogP contribution < -0.4 is 5.32 Å². The highest BCUT2D eigenvalue weighted by Gasteiger charge is 2.23. The Hall–Kier alpha value is -4.27. The molecule has 0 radical (unpaired) electrons. The average Bonchev–Trinajstić information content (AvgIpc) is 3.51. The molecule has 8 heteroatoms. The Bertz CT molecular complexity index is 1910. The van der Waals surface area contributed by atoms with Gasteiger partial charge in [-0.2, -0.15) is 0 Å². The van der Waals surface area contributed by atoms with Crippen molar-refractivity contribution in [2.75, 3.05) is 5.32 Å². The second-order valence-corrected chi connectivity index (χ2v) is 12.0. The fourth-order valence-electron chi connectivity index (χ4n) is 4.49. The van der Waals surface area contributed by atoms with E-state index in [-0.39, 0.29) is 22.2 Å². The molecule has 38 heavy (non-hydrogen) atoms. The van der Waals surface area contributed by atoms with Crippen molar-refractivity contribution < 1.29 is 13.2 Å². The summed E-state index contributed by atoms with van der Waals surface area (Å²) in [7, 11) is -3.74. The van der Waals surface area contributed by atoms with Gasteiger partial charge in [-0.3, -0.25) is 4.79 Å². The van der Waals surface area contributed by atoms with Crippen LogP contribution in [0.3, 0.4) is 0 Å². The molecule has 1 amide bonds. The average molecular weight is 538 g/mol. The van der Waals surface area contributed by atoms with Gasteiger partial charge in [0.1, 0.15) is 11.6 Å². The molecule has 6 aromatic rings. The fraction of sp³-hybridized carbons (Fsp3) is 0.0667. The van der Waals surface area contributed by atoms with Crippen molar-refractivity contribution in [3.05, 3.63) is 109 Å². The van der Waals surface area contributed by atoms with Gasteiger partial charge < -0.3 is 9.88 Å². The normalized spacial score (nSPS) is 11.7. The van der Waals surface area contributed by atoms with E-state index in [1.54, 1.807) is 64.6 Å². The van der Waals surface area contributed by atoms with Gasteiger partial charge in [-0.05, 0) is 67.1 Å². The van der Waals surface area contributed by atoms with Gasteiger partial charge in [0.15, 0.2) is 0 Å². The van der Waals surface area contributed by atoms with E-state index in [9.17, 15) is 13.2 Å². The zero-order valence-electron chi connectivity index (χ0n) is 20.5. The number of carbonyl (C=O) groups excluding carboxylic acids is 1. The van der Waals surface area contributed by atoms with E-state index in [2.05, 4.69) is 24.4 Å². The van der Waals surface area contributed by atoms with Gasteiger partial charge in [-0.1, -0.05) is 42.5 Å². The Morgan fingerprint density at radius 3 is 2.45 bits per heavy atom. The number of thiazole rings is 1. The first-order valence-corrected chi connectivity index (χ1v) is 14.3. The first-order chi connectivity index (χ1) is 18.4. The molecule has 2 heterocycles. The fourth-order valence-corrected chi connectivity index (χ4v) is 7.06. The van der Waals surface area contributed by atoms with Gasteiger partial charge >= 0.3 is 0 Å². The predicted molar refractivity (Wildman–Crippen MR) is 152 cm³/mol. The van der Waals surface area contributed by atoms with Crippen LogP contribution in [0.1, 0.15) is 5.56 Å². The van der Waals surface area contributed by atoms with Crippen LogP contribution in [0.2, 0.25) is 0 Å². The van der Waals surface area contributed by atoms with E-state index in [4.69, 9.17) is 4.98 Å². The van der Waals surface area contributed by atoms with E-state index in [0.29, 0.717) is 16.6 Å². The number of hydrogen-bond donors (Lipinski definition) is 1. The van der Waals surface area contributed by atoms with Gasteiger partial charge in [0.05, 0.1) is 20.0 Å². The zero-order valence-corrected chi connectivity index (χ0v) is 22.1. The summed E-state index contributed by atoms with van der Waals surface area (Å²) < 4.78 is 29.5. The summed E-state index contributed by atoms with van der Waals surface area (Å²) in [5, 5.41) is 4.43. The van der Waals surface area contributed by atoms with Crippen LogP contribution in [0, 0.1) is 6.92 Å². The third-order valence-electron chi connectivity index (χ3n) is 6.37. The number of anilines is 1. The smallest absolute Gasteiger partial charge is 0.244 e. The Morgan fingerprint density at radius 1 is 0.921 bits per heavy atom. The maximum absolute atomic E-state index is 13.3. The van der Waals surface area contributed by atoms with Crippen LogP contribution in [-0.4, -0.2) is 23.9 Å². The molecule has 188 valence electrons. The molecule has 0 bridgehead atoms. The zero-order chi connectivity index (χ0) is 26.3. The molecular weight excluding hydrogens is 514 g/mol. The van der Waals surface area contributed by atoms with Crippen molar-refractivity contribution in [2.45, 2.75) is 23.3 Å². The van der Waals surface area contributed by atoms with Crippen LogP contribution in [-0.2, 0) is 21.2 Å². The number of carbonyl (C=O) groups is 1. The number of aromatic nitrogens is 2. The molecular formula is C30H23N3O3S2. The number of rotatable bonds is 6. The molecule has 4 aromatic carbocycles. The van der Waals surface area contributed by atoms with Crippen LogP contribution in [0.15, 0.2) is 113 Å². The maximum atomic E-state index is 13.3. The van der Waals surface area contributed by atoms with Gasteiger partial charge in [0.2, 0.25) is 15.7 Å². The molecule has 0 unspecified atom stereocenters. The van der Waals surface area contributed by atoms with Gasteiger partial charge in [-0.25, -0.2) is 13.4 Å². The van der Waals surface area contributed by atoms with Crippen molar-refractivity contribution in [2.24, 2.45) is 0 Å². The van der Waals surface area contributed by atoms with Crippen molar-refractivity contribution in [3.63, 3.8) is 0 Å². The highest BCUT2D eigenvalue weighted by molar-refractivity contribution is 7.91. The number of nitrogens with zero attached hydrogens (tertiary/aromatic N) is 2. The van der Waals surface area contributed by atoms with Gasteiger partial charge in [-0.15, -0.1) is 11.3 Å². The summed E-state index contributed by atoms with van der Waals surface area (Å²) in [5.41, 5.74) is 4.49. The third kappa shape index (κ3) is 4.49. The number of sulfone groups is 1. The number of hydrogen-bond acceptors (Lipinski definition) is 5. The minimum absolute atomic E-state index is 0.0240. The quantitative estimate of drug-likeness (QED) is 0.256. The molecule has 2 aromatic heterocycles. The summed E-state index contributed by atoms with van der Waals surface area (Å²) in [4.78, 5) is 18.1. The largest absolute Gasteiger partial charge is 0.337 e. The summed E-state index contributed by atoms with van der Waals surface area (Å²) in [6, 6.07) is 29.3. The van der Waals surface area contributed by atoms with Crippen LogP contribution >= 0.6 is 11.3 Å². The molecule has 0 aliphatic carbocycles.